The summed E-state index contributed by atoms with van der Waals surface area (Å²) in [5.74, 6) is 0.418. The lowest BCUT2D eigenvalue weighted by atomic mass is 10.1. The average molecular weight is 394 g/mol. The quantitative estimate of drug-likeness (QED) is 0.794. The van der Waals surface area contributed by atoms with E-state index in [-0.39, 0.29) is 11.9 Å². The SMILES string of the molecule is CCN1C(=O)C2C(N=C(n3nc(C)cc3C)N2CCc2ccccc2)N(C)C1=O. The van der Waals surface area contributed by atoms with E-state index in [1.165, 1.54) is 10.5 Å². The normalized spacial score (nSPS) is 21.7. The first kappa shape index (κ1) is 19.2. The Morgan fingerprint density at radius 1 is 1.10 bits per heavy atom. The predicted molar refractivity (Wildman–Crippen MR) is 110 cm³/mol. The second-order valence-corrected chi connectivity index (χ2v) is 7.53. The number of urea groups is 1. The molecular formula is C21H26N6O2. The number of fused-ring (bicyclic) bond motifs is 1. The number of hydrogen-bond acceptors (Lipinski definition) is 5. The van der Waals surface area contributed by atoms with E-state index in [0.29, 0.717) is 19.0 Å². The minimum atomic E-state index is -0.549. The third kappa shape index (κ3) is 3.18. The molecule has 0 aliphatic carbocycles. The molecule has 0 radical (unpaired) electrons. The van der Waals surface area contributed by atoms with Gasteiger partial charge >= 0.3 is 6.03 Å². The maximum Gasteiger partial charge on any atom is 0.328 e. The molecule has 1 aromatic carbocycles. The topological polar surface area (TPSA) is 74.0 Å². The van der Waals surface area contributed by atoms with E-state index in [4.69, 9.17) is 4.99 Å². The van der Waals surface area contributed by atoms with Gasteiger partial charge in [-0.15, -0.1) is 0 Å². The van der Waals surface area contributed by atoms with Crippen molar-refractivity contribution in [3.63, 3.8) is 0 Å². The van der Waals surface area contributed by atoms with E-state index < -0.39 is 12.2 Å². The fourth-order valence-electron chi connectivity index (χ4n) is 4.10. The van der Waals surface area contributed by atoms with Crippen LogP contribution in [-0.4, -0.2) is 74.7 Å². The molecule has 2 aliphatic heterocycles. The fraction of sp³-hybridized carbons (Fsp3) is 0.429. The van der Waals surface area contributed by atoms with Crippen molar-refractivity contribution in [1.29, 1.82) is 0 Å². The predicted octanol–water partition coefficient (Wildman–Crippen LogP) is 1.87. The van der Waals surface area contributed by atoms with Crippen LogP contribution < -0.4 is 0 Å². The highest BCUT2D eigenvalue weighted by Crippen LogP contribution is 2.29. The van der Waals surface area contributed by atoms with Gasteiger partial charge in [0.05, 0.1) is 5.69 Å². The van der Waals surface area contributed by atoms with E-state index in [2.05, 4.69) is 17.2 Å². The molecule has 0 bridgehead atoms. The summed E-state index contributed by atoms with van der Waals surface area (Å²) in [6.07, 6.45) is 0.215. The van der Waals surface area contributed by atoms with Crippen LogP contribution in [0.3, 0.4) is 0 Å². The van der Waals surface area contributed by atoms with E-state index in [1.807, 2.05) is 49.9 Å². The lowest BCUT2D eigenvalue weighted by molar-refractivity contribution is -0.137. The van der Waals surface area contributed by atoms with Crippen LogP contribution in [0.1, 0.15) is 23.9 Å². The van der Waals surface area contributed by atoms with E-state index in [0.717, 1.165) is 17.8 Å². The number of aryl methyl sites for hydroxylation is 2. The third-order valence-electron chi connectivity index (χ3n) is 5.57. The molecule has 29 heavy (non-hydrogen) atoms. The molecule has 2 unspecified atom stereocenters. The lowest BCUT2D eigenvalue weighted by Crippen LogP contribution is -2.65. The number of hydrogen-bond donors (Lipinski definition) is 0. The summed E-state index contributed by atoms with van der Waals surface area (Å²) in [6.45, 7) is 6.66. The standard InChI is InChI=1S/C21H26N6O2/c1-5-25-19(28)17-18(24(4)21(25)29)22-20(27-15(3)13-14(2)23-27)26(17)12-11-16-9-7-6-8-10-16/h6-10,13,17-18H,5,11-12H2,1-4H3. The summed E-state index contributed by atoms with van der Waals surface area (Å²) < 4.78 is 1.78. The Bertz CT molecular complexity index is 967. The van der Waals surface area contributed by atoms with E-state index in [1.54, 1.807) is 16.6 Å². The molecular weight excluding hydrogens is 368 g/mol. The molecule has 3 heterocycles. The number of carbonyl (C=O) groups is 2. The summed E-state index contributed by atoms with van der Waals surface area (Å²) in [5.41, 5.74) is 3.01. The van der Waals surface area contributed by atoms with Crippen LogP contribution in [0.2, 0.25) is 0 Å². The highest BCUT2D eigenvalue weighted by atomic mass is 16.2. The molecule has 8 heteroatoms. The summed E-state index contributed by atoms with van der Waals surface area (Å²) in [5, 5.41) is 4.58. The second-order valence-electron chi connectivity index (χ2n) is 7.53. The van der Waals surface area contributed by atoms with Gasteiger partial charge in [-0.25, -0.2) is 14.5 Å². The molecule has 8 nitrogen and oxygen atoms in total. The first-order valence-electron chi connectivity index (χ1n) is 9.92. The Kier molecular flexibility index (Phi) is 4.86. The molecule has 0 N–H and O–H groups in total. The molecule has 4 rings (SSSR count). The highest BCUT2D eigenvalue weighted by molar-refractivity contribution is 6.04. The van der Waals surface area contributed by atoms with Gasteiger partial charge in [0.25, 0.3) is 5.91 Å². The van der Waals surface area contributed by atoms with Gasteiger partial charge in [0.2, 0.25) is 5.96 Å². The Morgan fingerprint density at radius 2 is 1.83 bits per heavy atom. The van der Waals surface area contributed by atoms with Gasteiger partial charge < -0.3 is 9.80 Å². The Morgan fingerprint density at radius 3 is 2.45 bits per heavy atom. The smallest absolute Gasteiger partial charge is 0.325 e. The van der Waals surface area contributed by atoms with Crippen molar-refractivity contribution in [2.45, 2.75) is 39.4 Å². The van der Waals surface area contributed by atoms with Gasteiger partial charge in [0.1, 0.15) is 0 Å². The van der Waals surface area contributed by atoms with Crippen molar-refractivity contribution < 1.29 is 9.59 Å². The maximum atomic E-state index is 13.2. The number of aromatic nitrogens is 2. The van der Waals surface area contributed by atoms with Crippen LogP contribution in [0.4, 0.5) is 4.79 Å². The minimum Gasteiger partial charge on any atom is -0.325 e. The molecule has 152 valence electrons. The van der Waals surface area contributed by atoms with Crippen molar-refractivity contribution in [2.24, 2.45) is 4.99 Å². The third-order valence-corrected chi connectivity index (χ3v) is 5.57. The Labute approximate surface area is 170 Å². The van der Waals surface area contributed by atoms with Gasteiger partial charge in [-0.3, -0.25) is 9.69 Å². The van der Waals surface area contributed by atoms with E-state index in [9.17, 15) is 9.59 Å². The number of imide groups is 1. The van der Waals surface area contributed by atoms with Crippen LogP contribution in [0, 0.1) is 13.8 Å². The number of benzene rings is 1. The lowest BCUT2D eigenvalue weighted by Gasteiger charge is -2.41. The average Bonchev–Trinajstić information content (AvgIpc) is 3.25. The fourth-order valence-corrected chi connectivity index (χ4v) is 4.10. The number of amides is 3. The molecule has 1 fully saturated rings. The molecule has 2 atom stereocenters. The van der Waals surface area contributed by atoms with Crippen LogP contribution in [0.25, 0.3) is 0 Å². The largest absolute Gasteiger partial charge is 0.328 e. The molecule has 2 aliphatic rings. The van der Waals surface area contributed by atoms with Crippen molar-refractivity contribution in [3.8, 4) is 0 Å². The molecule has 1 aromatic heterocycles. The summed E-state index contributed by atoms with van der Waals surface area (Å²) >= 11 is 0. The molecule has 3 amide bonds. The Hall–Kier alpha value is -3.16. The summed E-state index contributed by atoms with van der Waals surface area (Å²) in [6, 6.07) is 11.3. The molecule has 1 saturated heterocycles. The minimum absolute atomic E-state index is 0.200. The zero-order valence-electron chi connectivity index (χ0n) is 17.2. The van der Waals surface area contributed by atoms with Crippen molar-refractivity contribution in [3.05, 3.63) is 53.3 Å². The number of likely N-dealkylation sites (N-methyl/N-ethyl adjacent to an activating group) is 2. The van der Waals surface area contributed by atoms with Crippen LogP contribution in [-0.2, 0) is 11.2 Å². The number of rotatable bonds is 4. The summed E-state index contributed by atoms with van der Waals surface area (Å²) in [7, 11) is 1.71. The van der Waals surface area contributed by atoms with Crippen molar-refractivity contribution in [2.75, 3.05) is 20.1 Å². The van der Waals surface area contributed by atoms with Crippen LogP contribution in [0.5, 0.6) is 0 Å². The zero-order chi connectivity index (χ0) is 20.7. The number of nitrogens with zero attached hydrogens (tertiary/aromatic N) is 6. The zero-order valence-corrected chi connectivity index (χ0v) is 17.2. The Balaban J connectivity index is 1.73. The van der Waals surface area contributed by atoms with Gasteiger partial charge in [-0.1, -0.05) is 30.3 Å². The van der Waals surface area contributed by atoms with Crippen molar-refractivity contribution >= 4 is 17.9 Å². The maximum absolute atomic E-state index is 13.2. The second kappa shape index (κ2) is 7.35. The van der Waals surface area contributed by atoms with Gasteiger partial charge in [-0.05, 0) is 38.8 Å². The number of carbonyl (C=O) groups excluding carboxylic acids is 2. The number of aliphatic imine (C=N–C) groups is 1. The van der Waals surface area contributed by atoms with Crippen LogP contribution >= 0.6 is 0 Å². The molecule has 0 saturated carbocycles. The van der Waals surface area contributed by atoms with Gasteiger partial charge in [0, 0.05) is 25.8 Å². The highest BCUT2D eigenvalue weighted by Gasteiger charge is 2.52. The molecule has 2 aromatic rings. The van der Waals surface area contributed by atoms with Crippen LogP contribution in [0.15, 0.2) is 41.4 Å². The molecule has 0 spiro atoms. The van der Waals surface area contributed by atoms with E-state index >= 15 is 0 Å². The van der Waals surface area contributed by atoms with Gasteiger partial charge in [-0.2, -0.15) is 5.10 Å². The summed E-state index contributed by atoms with van der Waals surface area (Å²) in [4.78, 5) is 35.5. The first-order valence-corrected chi connectivity index (χ1v) is 9.92. The van der Waals surface area contributed by atoms with Crippen molar-refractivity contribution in [1.82, 2.24) is 24.5 Å². The first-order chi connectivity index (χ1) is 13.9. The van der Waals surface area contributed by atoms with Gasteiger partial charge in [0.15, 0.2) is 12.2 Å². The monoisotopic (exact) mass is 394 g/mol.